The van der Waals surface area contributed by atoms with Gasteiger partial charge in [-0.2, -0.15) is 0 Å². The highest BCUT2D eigenvalue weighted by molar-refractivity contribution is 7.99. The summed E-state index contributed by atoms with van der Waals surface area (Å²) in [5.74, 6) is 2.98. The van der Waals surface area contributed by atoms with Crippen LogP contribution in [0.2, 0.25) is 0 Å². The predicted octanol–water partition coefficient (Wildman–Crippen LogP) is 13.0. The maximum atomic E-state index is 13.8. The Balaban J connectivity index is 1.14. The predicted molar refractivity (Wildman–Crippen MR) is 232 cm³/mol. The summed E-state index contributed by atoms with van der Waals surface area (Å²) in [4.78, 5) is 16.4. The van der Waals surface area contributed by atoms with Gasteiger partial charge in [-0.05, 0) is 92.2 Å². The smallest absolute Gasteiger partial charge is 0.412 e. The fourth-order valence-electron chi connectivity index (χ4n) is 9.10. The second kappa shape index (κ2) is 22.6. The number of anilines is 2. The van der Waals surface area contributed by atoms with Crippen molar-refractivity contribution in [2.75, 3.05) is 36.6 Å². The Kier molecular flexibility index (Phi) is 17.7. The molecule has 6 nitrogen and oxygen atoms in total. The maximum Gasteiger partial charge on any atom is 0.412 e. The molecule has 2 N–H and O–H groups in total. The highest BCUT2D eigenvalue weighted by Crippen LogP contribution is 2.48. The number of nitrogens with zero attached hydrogens (tertiary/aromatic N) is 1. The zero-order chi connectivity index (χ0) is 38.1. The highest BCUT2D eigenvalue weighted by Gasteiger charge is 2.49. The van der Waals surface area contributed by atoms with Crippen LogP contribution in [0.5, 0.6) is 5.75 Å². The first-order valence-electron chi connectivity index (χ1n) is 21.6. The Labute approximate surface area is 332 Å². The highest BCUT2D eigenvalue weighted by atomic mass is 32.2. The number of fused-ring (bicyclic) bond motifs is 4. The van der Waals surface area contributed by atoms with Crippen LogP contribution in [-0.4, -0.2) is 54.5 Å². The SMILES string of the molecule is C=C[C@H]1CN2C(SCCCCCCCCCCCCCCCCCC)CC1C[C@H]2[C@H](OC(=O)Nc1cc(C)cc(C)c1)C1=CCNc2ccc(OC)cc21. The van der Waals surface area contributed by atoms with Crippen molar-refractivity contribution in [1.29, 1.82) is 0 Å². The van der Waals surface area contributed by atoms with Crippen molar-refractivity contribution in [1.82, 2.24) is 4.90 Å². The van der Waals surface area contributed by atoms with Crippen molar-refractivity contribution in [3.05, 3.63) is 71.8 Å². The molecule has 298 valence electrons. The van der Waals surface area contributed by atoms with E-state index in [1.165, 1.54) is 115 Å². The minimum absolute atomic E-state index is 0.0802. The molecule has 1 amide bonds. The molecule has 3 saturated heterocycles. The second-order valence-corrected chi connectivity index (χ2v) is 17.6. The molecule has 4 heterocycles. The molecule has 3 unspecified atom stereocenters. The number of hydrogen-bond donors (Lipinski definition) is 2. The van der Waals surface area contributed by atoms with Crippen molar-refractivity contribution in [3.63, 3.8) is 0 Å². The lowest BCUT2D eigenvalue weighted by Gasteiger charge is -2.55. The molecule has 7 heteroatoms. The van der Waals surface area contributed by atoms with Crippen molar-refractivity contribution >= 4 is 34.8 Å². The number of thioether (sulfide) groups is 1. The van der Waals surface area contributed by atoms with Gasteiger partial charge in [-0.1, -0.05) is 121 Å². The Bertz CT molecular complexity index is 1470. The molecule has 0 aromatic heterocycles. The number of amides is 1. The third-order valence-electron chi connectivity index (χ3n) is 12.0. The standard InChI is InChI=1S/C47H71N3O3S/c1-6-8-9-10-11-12-13-14-15-16-17-18-19-20-21-22-27-54-45-32-38-31-44(50(45)34-37(38)7-2)46(53-47(51)49-39-29-35(3)28-36(4)30-39)41-25-26-48-43-24-23-40(52-5)33-42(41)43/h7,23-25,28-30,33,37-38,44-46,48H,2,6,8-22,26-27,31-32,34H2,1,3-5H3,(H,49,51)/t37-,38?,44-,45?,46+/m0/s1. The van der Waals surface area contributed by atoms with Gasteiger partial charge in [0.15, 0.2) is 0 Å². The van der Waals surface area contributed by atoms with E-state index < -0.39 is 12.2 Å². The third kappa shape index (κ3) is 12.6. The normalized spacial score (nSPS) is 22.1. The van der Waals surface area contributed by atoms with Crippen LogP contribution >= 0.6 is 11.8 Å². The van der Waals surface area contributed by atoms with Gasteiger partial charge >= 0.3 is 6.09 Å². The first-order valence-corrected chi connectivity index (χ1v) is 22.6. The van der Waals surface area contributed by atoms with Gasteiger partial charge in [-0.25, -0.2) is 4.79 Å². The summed E-state index contributed by atoms with van der Waals surface area (Å²) in [6.07, 6.45) is 28.1. The summed E-state index contributed by atoms with van der Waals surface area (Å²) in [5, 5.41) is 7.01. The summed E-state index contributed by atoms with van der Waals surface area (Å²) in [6.45, 7) is 12.3. The fourth-order valence-corrected chi connectivity index (χ4v) is 10.6. The first-order chi connectivity index (χ1) is 26.4. The minimum atomic E-state index is -0.420. The number of nitrogens with one attached hydrogen (secondary N) is 2. The molecule has 0 radical (unpaired) electrons. The molecule has 2 bridgehead atoms. The molecule has 0 saturated carbocycles. The fraction of sp³-hybridized carbons (Fsp3) is 0.638. The number of hydrogen-bond acceptors (Lipinski definition) is 6. The molecule has 4 aliphatic heterocycles. The van der Waals surface area contributed by atoms with Crippen LogP contribution in [0.3, 0.4) is 0 Å². The van der Waals surface area contributed by atoms with E-state index in [1.54, 1.807) is 7.11 Å². The zero-order valence-electron chi connectivity index (χ0n) is 34.1. The Morgan fingerprint density at radius 1 is 0.907 bits per heavy atom. The van der Waals surface area contributed by atoms with Gasteiger partial charge in [0.25, 0.3) is 0 Å². The van der Waals surface area contributed by atoms with Gasteiger partial charge in [-0.15, -0.1) is 18.3 Å². The molecular formula is C47H71N3O3S. The third-order valence-corrected chi connectivity index (χ3v) is 13.4. The van der Waals surface area contributed by atoms with Crippen LogP contribution in [0, 0.1) is 25.7 Å². The van der Waals surface area contributed by atoms with Crippen LogP contribution in [0.1, 0.15) is 139 Å². The molecule has 0 spiro atoms. The second-order valence-electron chi connectivity index (χ2n) is 16.3. The Morgan fingerprint density at radius 3 is 2.13 bits per heavy atom. The number of aryl methyl sites for hydroxylation is 2. The molecule has 6 rings (SSSR count). The zero-order valence-corrected chi connectivity index (χ0v) is 35.0. The Morgan fingerprint density at radius 2 is 1.54 bits per heavy atom. The van der Waals surface area contributed by atoms with Crippen LogP contribution in [0.4, 0.5) is 16.2 Å². The van der Waals surface area contributed by atoms with E-state index >= 15 is 0 Å². The van der Waals surface area contributed by atoms with Crippen molar-refractivity contribution in [2.45, 2.75) is 154 Å². The molecule has 2 aromatic rings. The topological polar surface area (TPSA) is 62.8 Å². The average molecular weight is 758 g/mol. The first kappa shape index (κ1) is 42.2. The van der Waals surface area contributed by atoms with Crippen LogP contribution < -0.4 is 15.4 Å². The summed E-state index contributed by atoms with van der Waals surface area (Å²) >= 11 is 2.13. The number of methoxy groups -OCH3 is 1. The molecule has 54 heavy (non-hydrogen) atoms. The minimum Gasteiger partial charge on any atom is -0.497 e. The number of unbranched alkanes of at least 4 members (excludes halogenated alkanes) is 15. The number of rotatable bonds is 24. The van der Waals surface area contributed by atoms with E-state index in [2.05, 4.69) is 85.0 Å². The summed E-state index contributed by atoms with van der Waals surface area (Å²) in [6, 6.07) is 12.3. The van der Waals surface area contributed by atoms with Crippen LogP contribution in [-0.2, 0) is 4.74 Å². The molecule has 6 atom stereocenters. The van der Waals surface area contributed by atoms with Crippen LogP contribution in [0.25, 0.3) is 5.57 Å². The van der Waals surface area contributed by atoms with Gasteiger partial charge in [0.1, 0.15) is 11.9 Å². The van der Waals surface area contributed by atoms with E-state index in [0.29, 0.717) is 23.8 Å². The number of ether oxygens (including phenoxy) is 2. The molecule has 2 aromatic carbocycles. The molecule has 3 fully saturated rings. The van der Waals surface area contributed by atoms with Gasteiger partial charge < -0.3 is 14.8 Å². The Hall–Kier alpha value is -2.90. The van der Waals surface area contributed by atoms with E-state index in [9.17, 15) is 4.79 Å². The number of carbonyl (C=O) groups is 1. The number of piperidine rings is 3. The van der Waals surface area contributed by atoms with Gasteiger partial charge in [0.05, 0.1) is 18.5 Å². The molecule has 4 aliphatic rings. The maximum absolute atomic E-state index is 13.8. The quantitative estimate of drug-likeness (QED) is 0.0821. The lowest BCUT2D eigenvalue weighted by molar-refractivity contribution is -0.0388. The number of carbonyl (C=O) groups excluding carboxylic acids is 1. The van der Waals surface area contributed by atoms with Crippen molar-refractivity contribution < 1.29 is 14.3 Å². The summed E-state index contributed by atoms with van der Waals surface area (Å²) in [5.41, 5.74) is 6.14. The van der Waals surface area contributed by atoms with Crippen molar-refractivity contribution in [2.24, 2.45) is 11.8 Å². The lowest BCUT2D eigenvalue weighted by Crippen LogP contribution is -2.61. The van der Waals surface area contributed by atoms with E-state index in [-0.39, 0.29) is 6.04 Å². The molecule has 0 aliphatic carbocycles. The van der Waals surface area contributed by atoms with E-state index in [1.807, 2.05) is 18.2 Å². The average Bonchev–Trinajstić information content (AvgIpc) is 3.17. The lowest BCUT2D eigenvalue weighted by atomic mass is 9.72. The van der Waals surface area contributed by atoms with Gasteiger partial charge in [-0.3, -0.25) is 10.2 Å². The van der Waals surface area contributed by atoms with E-state index in [0.717, 1.165) is 52.4 Å². The van der Waals surface area contributed by atoms with Gasteiger partial charge in [0, 0.05) is 35.6 Å². The summed E-state index contributed by atoms with van der Waals surface area (Å²) in [7, 11) is 1.70. The van der Waals surface area contributed by atoms with Crippen molar-refractivity contribution in [3.8, 4) is 5.75 Å². The van der Waals surface area contributed by atoms with Gasteiger partial charge in [0.2, 0.25) is 0 Å². The summed E-state index contributed by atoms with van der Waals surface area (Å²) < 4.78 is 12.2. The monoisotopic (exact) mass is 758 g/mol. The number of benzene rings is 2. The van der Waals surface area contributed by atoms with Crippen LogP contribution in [0.15, 0.2) is 55.1 Å². The largest absolute Gasteiger partial charge is 0.497 e. The van der Waals surface area contributed by atoms with E-state index in [4.69, 9.17) is 9.47 Å². The molecular weight excluding hydrogens is 687 g/mol.